The molecule has 0 radical (unpaired) electrons. The van der Waals surface area contributed by atoms with Crippen molar-refractivity contribution in [2.24, 2.45) is 4.99 Å². The van der Waals surface area contributed by atoms with Crippen LogP contribution in [0.15, 0.2) is 58.4 Å². The zero-order chi connectivity index (χ0) is 27.8. The minimum Gasteiger partial charge on any atom is -0.426 e. The second-order valence-corrected chi connectivity index (χ2v) is 9.99. The van der Waals surface area contributed by atoms with E-state index < -0.39 is 24.0 Å². The number of carbonyl (C=O) groups is 3. The number of alkyl halides is 1. The summed E-state index contributed by atoms with van der Waals surface area (Å²) in [5.41, 5.74) is 2.18. The zero-order valence-corrected chi connectivity index (χ0v) is 22.5. The molecule has 0 aliphatic carbocycles. The normalized spacial score (nSPS) is 17.6. The van der Waals surface area contributed by atoms with Crippen LogP contribution in [0.4, 0.5) is 4.39 Å². The number of likely N-dealkylation sites (tertiary alicyclic amines) is 1. The fourth-order valence-electron chi connectivity index (χ4n) is 4.53. The number of benzene rings is 1. The van der Waals surface area contributed by atoms with Crippen LogP contribution in [0.5, 0.6) is 0 Å². The summed E-state index contributed by atoms with van der Waals surface area (Å²) in [6.07, 6.45) is 1.73. The molecule has 2 atom stereocenters. The number of amides is 2. The first-order valence-corrected chi connectivity index (χ1v) is 12.8. The Balaban J connectivity index is 1.45. The summed E-state index contributed by atoms with van der Waals surface area (Å²) in [4.78, 5) is 52.1. The molecule has 1 aliphatic heterocycles. The van der Waals surface area contributed by atoms with E-state index in [-0.39, 0.29) is 41.1 Å². The first-order chi connectivity index (χ1) is 18.6. The first-order valence-electron chi connectivity index (χ1n) is 12.0. The highest BCUT2D eigenvalue weighted by atomic mass is 79.9. The number of aromatic nitrogens is 5. The number of carbonyl (C=O) groups excluding carboxylic acids is 3. The summed E-state index contributed by atoms with van der Waals surface area (Å²) >= 11 is 3.13. The second kappa shape index (κ2) is 10.5. The molecule has 0 bridgehead atoms. The van der Waals surface area contributed by atoms with Gasteiger partial charge in [0.1, 0.15) is 34.9 Å². The van der Waals surface area contributed by atoms with Gasteiger partial charge in [0.15, 0.2) is 11.3 Å². The fourth-order valence-corrected chi connectivity index (χ4v) is 4.86. The first kappa shape index (κ1) is 26.4. The van der Waals surface area contributed by atoms with Crippen molar-refractivity contribution in [2.45, 2.75) is 39.0 Å². The molecule has 2 amide bonds. The highest BCUT2D eigenvalue weighted by molar-refractivity contribution is 9.10. The Labute approximate surface area is 229 Å². The molecule has 1 aliphatic rings. The number of hydrogen-bond acceptors (Lipinski definition) is 7. The average molecular weight is 596 g/mol. The Hall–Kier alpha value is -4.26. The molecule has 5 rings (SSSR count). The van der Waals surface area contributed by atoms with Gasteiger partial charge in [-0.2, -0.15) is 14.8 Å². The lowest BCUT2D eigenvalue weighted by molar-refractivity contribution is -0.138. The monoisotopic (exact) mass is 595 g/mol. The maximum atomic E-state index is 14.4. The van der Waals surface area contributed by atoms with Gasteiger partial charge in [0.05, 0.1) is 12.1 Å². The van der Waals surface area contributed by atoms with Gasteiger partial charge in [0, 0.05) is 36.7 Å². The summed E-state index contributed by atoms with van der Waals surface area (Å²) < 4.78 is 16.7. The van der Waals surface area contributed by atoms with Gasteiger partial charge < -0.3 is 10.1 Å². The number of rotatable bonds is 5. The predicted molar refractivity (Wildman–Crippen MR) is 140 cm³/mol. The fraction of sp³-hybridized carbons (Fsp3) is 0.269. The van der Waals surface area contributed by atoms with E-state index >= 15 is 0 Å². The minimum absolute atomic E-state index is 0.0666. The van der Waals surface area contributed by atoms with Crippen molar-refractivity contribution in [3.63, 3.8) is 0 Å². The van der Waals surface area contributed by atoms with Gasteiger partial charge in [-0.25, -0.2) is 14.4 Å². The predicted octanol–water partition coefficient (Wildman–Crippen LogP) is 2.87. The third-order valence-corrected chi connectivity index (χ3v) is 7.06. The third-order valence-electron chi connectivity index (χ3n) is 6.46. The van der Waals surface area contributed by atoms with E-state index in [0.29, 0.717) is 21.5 Å². The van der Waals surface area contributed by atoms with E-state index in [1.165, 1.54) is 17.7 Å². The molecule has 4 aromatic rings. The van der Waals surface area contributed by atoms with Gasteiger partial charge in [-0.1, -0.05) is 12.1 Å². The van der Waals surface area contributed by atoms with Crippen molar-refractivity contribution in [3.8, 4) is 11.1 Å². The van der Waals surface area contributed by atoms with Gasteiger partial charge >= 0.3 is 0 Å². The molecule has 1 fully saturated rings. The third kappa shape index (κ3) is 5.21. The van der Waals surface area contributed by atoms with Crippen LogP contribution in [0.2, 0.25) is 0 Å². The van der Waals surface area contributed by atoms with Crippen molar-refractivity contribution in [1.29, 1.82) is 0 Å². The molecular weight excluding hydrogens is 573 g/mol. The molecule has 1 saturated heterocycles. The molecule has 1 N–H and O–H groups in total. The van der Waals surface area contributed by atoms with Crippen LogP contribution in [0, 0.1) is 6.92 Å². The number of ketones is 1. The van der Waals surface area contributed by atoms with Crippen molar-refractivity contribution in [2.75, 3.05) is 6.54 Å². The van der Waals surface area contributed by atoms with E-state index in [2.05, 4.69) is 36.0 Å². The SMILES string of the molecule is CC(=O)c1nn(CC(=O)N2C[C@H](F)C[C@H]2C(=O)N=c2cccc(Br)n2O)c2ccc(-c3cnc(C)nc3)cc12. The van der Waals surface area contributed by atoms with Crippen LogP contribution in [0.25, 0.3) is 22.0 Å². The highest BCUT2D eigenvalue weighted by Crippen LogP contribution is 2.28. The zero-order valence-electron chi connectivity index (χ0n) is 21.0. The van der Waals surface area contributed by atoms with Crippen molar-refractivity contribution >= 4 is 44.4 Å². The van der Waals surface area contributed by atoms with Crippen LogP contribution in [-0.2, 0) is 16.1 Å². The number of Topliss-reactive ketones (excluding diaryl/α,β-unsaturated/α-hetero) is 1. The van der Waals surface area contributed by atoms with E-state index in [1.54, 1.807) is 43.6 Å². The van der Waals surface area contributed by atoms with Gasteiger partial charge in [-0.15, -0.1) is 0 Å². The van der Waals surface area contributed by atoms with Crippen molar-refractivity contribution < 1.29 is 24.0 Å². The van der Waals surface area contributed by atoms with Gasteiger partial charge in [-0.05, 0) is 52.7 Å². The topological polar surface area (TPSA) is 136 Å². The summed E-state index contributed by atoms with van der Waals surface area (Å²) in [5, 5.41) is 15.0. The molecular formula is C26H23BrFN7O4. The lowest BCUT2D eigenvalue weighted by Gasteiger charge is -2.22. The number of aryl methyl sites for hydroxylation is 1. The average Bonchev–Trinajstić information content (AvgIpc) is 3.48. The maximum Gasteiger partial charge on any atom is 0.270 e. The Morgan fingerprint density at radius 3 is 2.62 bits per heavy atom. The van der Waals surface area contributed by atoms with Gasteiger partial charge in [0.25, 0.3) is 5.91 Å². The van der Waals surface area contributed by atoms with Crippen LogP contribution in [0.1, 0.15) is 29.7 Å². The molecule has 4 heterocycles. The molecule has 0 unspecified atom stereocenters. The lowest BCUT2D eigenvalue weighted by atomic mass is 10.0. The smallest absolute Gasteiger partial charge is 0.270 e. The Morgan fingerprint density at radius 2 is 1.90 bits per heavy atom. The van der Waals surface area contributed by atoms with Gasteiger partial charge in [-0.3, -0.25) is 19.1 Å². The molecule has 3 aromatic heterocycles. The van der Waals surface area contributed by atoms with Crippen LogP contribution >= 0.6 is 15.9 Å². The molecule has 200 valence electrons. The Bertz CT molecular complexity index is 1680. The van der Waals surface area contributed by atoms with E-state index in [9.17, 15) is 24.0 Å². The summed E-state index contributed by atoms with van der Waals surface area (Å²) in [5.74, 6) is -0.967. The second-order valence-electron chi connectivity index (χ2n) is 9.18. The number of fused-ring (bicyclic) bond motifs is 1. The summed E-state index contributed by atoms with van der Waals surface area (Å²) in [6.45, 7) is 2.57. The standard InChI is InChI=1S/C26H23BrFN7O4/c1-14(36)25-19-8-16(17-10-29-15(2)30-11-17)6-7-20(19)34(32-25)13-24(37)33-12-18(28)9-21(33)26(38)31-23-5-3-4-22(27)35(23)39/h3-8,10-11,18,21,39H,9,12-13H2,1-2H3/t18-,21+/m1/s1. The van der Waals surface area contributed by atoms with Gasteiger partial charge in [0.2, 0.25) is 5.91 Å². The molecule has 13 heteroatoms. The number of nitrogens with zero attached hydrogens (tertiary/aromatic N) is 7. The molecule has 0 spiro atoms. The van der Waals surface area contributed by atoms with E-state index in [4.69, 9.17) is 0 Å². The molecule has 11 nitrogen and oxygen atoms in total. The van der Waals surface area contributed by atoms with Crippen LogP contribution in [0.3, 0.4) is 0 Å². The lowest BCUT2D eigenvalue weighted by Crippen LogP contribution is -2.42. The van der Waals surface area contributed by atoms with E-state index in [0.717, 1.165) is 16.0 Å². The number of halogens is 2. The molecule has 39 heavy (non-hydrogen) atoms. The number of hydrogen-bond donors (Lipinski definition) is 1. The maximum absolute atomic E-state index is 14.4. The largest absolute Gasteiger partial charge is 0.426 e. The molecule has 0 saturated carbocycles. The Morgan fingerprint density at radius 1 is 1.15 bits per heavy atom. The van der Waals surface area contributed by atoms with Crippen LogP contribution < -0.4 is 5.49 Å². The highest BCUT2D eigenvalue weighted by Gasteiger charge is 2.40. The van der Waals surface area contributed by atoms with Crippen LogP contribution in [-0.4, -0.2) is 70.9 Å². The van der Waals surface area contributed by atoms with Crippen molar-refractivity contribution in [1.82, 2.24) is 29.4 Å². The number of pyridine rings is 1. The quantitative estimate of drug-likeness (QED) is 0.213. The van der Waals surface area contributed by atoms with E-state index in [1.807, 2.05) is 6.07 Å². The molecule has 1 aromatic carbocycles. The summed E-state index contributed by atoms with van der Waals surface area (Å²) in [7, 11) is 0. The minimum atomic E-state index is -1.41. The summed E-state index contributed by atoms with van der Waals surface area (Å²) in [6, 6.07) is 8.73. The Kier molecular flexibility index (Phi) is 7.08. The van der Waals surface area contributed by atoms with Crippen molar-refractivity contribution in [3.05, 3.63) is 70.4 Å².